The number of rotatable bonds is 9. The summed E-state index contributed by atoms with van der Waals surface area (Å²) in [7, 11) is -0.195. The molecule has 0 amide bonds. The van der Waals surface area contributed by atoms with Crippen molar-refractivity contribution in [1.29, 1.82) is 5.41 Å². The van der Waals surface area contributed by atoms with Gasteiger partial charge >= 0.3 is 6.36 Å². The molecule has 0 saturated carbocycles. The van der Waals surface area contributed by atoms with Gasteiger partial charge < -0.3 is 19.9 Å². The number of nitrogens with zero attached hydrogens (tertiary/aromatic N) is 2. The molecule has 12 heteroatoms. The van der Waals surface area contributed by atoms with Gasteiger partial charge in [-0.2, -0.15) is 0 Å². The van der Waals surface area contributed by atoms with E-state index < -0.39 is 23.1 Å². The average Bonchev–Trinajstić information content (AvgIpc) is 3.29. The number of aromatic nitrogens is 2. The van der Waals surface area contributed by atoms with Crippen LogP contribution in [0.5, 0.6) is 5.75 Å². The van der Waals surface area contributed by atoms with Crippen molar-refractivity contribution in [2.45, 2.75) is 17.2 Å². The van der Waals surface area contributed by atoms with Gasteiger partial charge in [0.25, 0.3) is 0 Å². The summed E-state index contributed by atoms with van der Waals surface area (Å²) in [6.45, 7) is 0. The fraction of sp³-hybridized carbons (Fsp3) is 0.120. The van der Waals surface area contributed by atoms with Gasteiger partial charge in [0.15, 0.2) is 5.78 Å². The quantitative estimate of drug-likeness (QED) is 0.203. The number of carbonyl (C=O) groups is 1. The third-order valence-corrected chi connectivity index (χ3v) is 6.40. The number of benzene rings is 2. The molecule has 190 valence electrons. The van der Waals surface area contributed by atoms with Gasteiger partial charge in [-0.05, 0) is 48.0 Å². The molecule has 0 aliphatic rings. The lowest BCUT2D eigenvalue weighted by atomic mass is 9.99. The summed E-state index contributed by atoms with van der Waals surface area (Å²) < 4.78 is 56.3. The van der Waals surface area contributed by atoms with Crippen LogP contribution in [0.1, 0.15) is 27.4 Å². The average molecular weight is 528 g/mol. The fourth-order valence-electron chi connectivity index (χ4n) is 3.59. The minimum Gasteiger partial charge on any atom is -0.406 e. The number of halogens is 3. The second-order valence-corrected chi connectivity index (χ2v) is 8.98. The van der Waals surface area contributed by atoms with Crippen molar-refractivity contribution in [3.63, 3.8) is 0 Å². The number of H-pyrrole nitrogens is 1. The van der Waals surface area contributed by atoms with Crippen LogP contribution in [0.3, 0.4) is 0 Å². The van der Waals surface area contributed by atoms with Crippen molar-refractivity contribution >= 4 is 45.9 Å². The van der Waals surface area contributed by atoms with Gasteiger partial charge in [0.2, 0.25) is 0 Å². The molecule has 0 saturated heterocycles. The first-order chi connectivity index (χ1) is 17.7. The summed E-state index contributed by atoms with van der Waals surface area (Å²) in [6, 6.07) is 12.8. The highest BCUT2D eigenvalue weighted by atomic mass is 32.2. The highest BCUT2D eigenvalue weighted by Gasteiger charge is 2.31. The van der Waals surface area contributed by atoms with E-state index in [1.54, 1.807) is 49.9 Å². The third-order valence-electron chi connectivity index (χ3n) is 5.28. The summed E-state index contributed by atoms with van der Waals surface area (Å²) in [5.41, 5.74) is 2.29. The number of alkyl halides is 3. The molecule has 0 fully saturated rings. The van der Waals surface area contributed by atoms with E-state index >= 15 is 0 Å². The van der Waals surface area contributed by atoms with Crippen LogP contribution in [0, 0.1) is 5.41 Å². The number of carbonyl (C=O) groups excluding carboxylic acids is 1. The molecule has 0 aliphatic carbocycles. The number of pyridine rings is 1. The van der Waals surface area contributed by atoms with Crippen molar-refractivity contribution in [2.75, 3.05) is 11.8 Å². The maximum absolute atomic E-state index is 13.3. The summed E-state index contributed by atoms with van der Waals surface area (Å²) in [5.74, 6) is -1.11. The van der Waals surface area contributed by atoms with E-state index in [-0.39, 0.29) is 16.6 Å². The number of hydrogen-bond donors (Lipinski definition) is 3. The fourth-order valence-corrected chi connectivity index (χ4v) is 4.43. The van der Waals surface area contributed by atoms with Crippen LogP contribution in [0.15, 0.2) is 76.9 Å². The number of ether oxygens (including phenoxy) is 1. The first-order valence-corrected chi connectivity index (χ1v) is 11.9. The zero-order valence-corrected chi connectivity index (χ0v) is 20.1. The molecule has 0 radical (unpaired) electrons. The second-order valence-electron chi connectivity index (χ2n) is 7.77. The minimum atomic E-state index is -4.82. The Labute approximate surface area is 211 Å². The topological polar surface area (TPSA) is 120 Å². The first kappa shape index (κ1) is 25.8. The maximum atomic E-state index is 13.3. The van der Waals surface area contributed by atoms with E-state index in [1.807, 2.05) is 0 Å². The molecule has 8 nitrogen and oxygen atoms in total. The molecule has 3 N–H and O–H groups in total. The van der Waals surface area contributed by atoms with Crippen molar-refractivity contribution < 1.29 is 26.9 Å². The van der Waals surface area contributed by atoms with Gasteiger partial charge in [0.1, 0.15) is 22.4 Å². The van der Waals surface area contributed by atoms with Crippen LogP contribution in [-0.4, -0.2) is 45.8 Å². The SMILES string of the molecule is CN=CC(C=N)c1cnc2[nH]cc(C(=O)c3cccc(NS(=O)c4ccc(OC(F)(F)F)cc4)c3)c2c1. The Morgan fingerprint density at radius 3 is 2.65 bits per heavy atom. The monoisotopic (exact) mass is 527 g/mol. The largest absolute Gasteiger partial charge is 0.573 e. The summed E-state index contributed by atoms with van der Waals surface area (Å²) in [4.78, 5) is 24.8. The smallest absolute Gasteiger partial charge is 0.406 e. The first-order valence-electron chi connectivity index (χ1n) is 10.8. The standard InChI is InChI=1S/C25H20F3N5O3S/c1-30-12-17(11-29)16-10-21-22(14-32-24(21)31-13-16)23(34)15-3-2-4-18(9-15)33-37(35)20-7-5-19(6-8-20)36-25(26,27)28/h2-14,17,29,33H,1H3,(H,31,32). The maximum Gasteiger partial charge on any atom is 0.573 e. The van der Waals surface area contributed by atoms with E-state index in [4.69, 9.17) is 5.41 Å². The zero-order valence-electron chi connectivity index (χ0n) is 19.2. The molecule has 2 aromatic heterocycles. The number of anilines is 1. The van der Waals surface area contributed by atoms with Crippen molar-refractivity contribution in [2.24, 2.45) is 4.99 Å². The van der Waals surface area contributed by atoms with Crippen LogP contribution < -0.4 is 9.46 Å². The summed E-state index contributed by atoms with van der Waals surface area (Å²) >= 11 is 0. The molecule has 2 atom stereocenters. The highest BCUT2D eigenvalue weighted by Crippen LogP contribution is 2.26. The van der Waals surface area contributed by atoms with Crippen molar-refractivity contribution in [3.05, 3.63) is 83.7 Å². The molecule has 0 spiro atoms. The van der Waals surface area contributed by atoms with Gasteiger partial charge in [-0.15, -0.1) is 13.2 Å². The van der Waals surface area contributed by atoms with Crippen LogP contribution >= 0.6 is 0 Å². The van der Waals surface area contributed by atoms with Gasteiger partial charge in [-0.25, -0.2) is 9.19 Å². The Hall–Kier alpha value is -4.32. The van der Waals surface area contributed by atoms with E-state index in [2.05, 4.69) is 24.4 Å². The molecular formula is C25H20F3N5O3S. The number of nitrogens with one attached hydrogen (secondary N) is 3. The summed E-state index contributed by atoms with van der Waals surface area (Å²) in [5, 5.41) is 8.21. The minimum absolute atomic E-state index is 0.220. The predicted molar refractivity (Wildman–Crippen MR) is 135 cm³/mol. The Bertz CT molecular complexity index is 1500. The molecule has 0 bridgehead atoms. The molecule has 2 aromatic carbocycles. The normalized spacial score (nSPS) is 13.4. The van der Waals surface area contributed by atoms with Crippen LogP contribution in [0.4, 0.5) is 18.9 Å². The lowest BCUT2D eigenvalue weighted by Gasteiger charge is -2.10. The van der Waals surface area contributed by atoms with Gasteiger partial charge in [0.05, 0.1) is 10.8 Å². The number of aliphatic imine (C=N–C) groups is 1. The van der Waals surface area contributed by atoms with Gasteiger partial charge in [0, 0.05) is 54.1 Å². The van der Waals surface area contributed by atoms with E-state index in [1.165, 1.54) is 24.4 Å². The molecule has 37 heavy (non-hydrogen) atoms. The number of ketones is 1. The zero-order chi connectivity index (χ0) is 26.6. The van der Waals surface area contributed by atoms with Crippen molar-refractivity contribution in [1.82, 2.24) is 9.97 Å². The number of hydrogen-bond acceptors (Lipinski definition) is 6. The second kappa shape index (κ2) is 10.7. The van der Waals surface area contributed by atoms with E-state index in [0.717, 1.165) is 12.1 Å². The van der Waals surface area contributed by atoms with Gasteiger partial charge in [-0.1, -0.05) is 12.1 Å². The Balaban J connectivity index is 1.55. The van der Waals surface area contributed by atoms with E-state index in [9.17, 15) is 22.2 Å². The molecule has 0 aliphatic heterocycles. The van der Waals surface area contributed by atoms with E-state index in [0.29, 0.717) is 33.4 Å². The Morgan fingerprint density at radius 1 is 1.22 bits per heavy atom. The summed E-state index contributed by atoms with van der Waals surface area (Å²) in [6.07, 6.45) is 1.19. The molecular weight excluding hydrogens is 507 g/mol. The van der Waals surface area contributed by atoms with Crippen LogP contribution in [-0.2, 0) is 11.0 Å². The number of aromatic amines is 1. The van der Waals surface area contributed by atoms with Crippen LogP contribution in [0.25, 0.3) is 11.0 Å². The molecule has 2 heterocycles. The lowest BCUT2D eigenvalue weighted by Crippen LogP contribution is -2.17. The lowest BCUT2D eigenvalue weighted by molar-refractivity contribution is -0.274. The number of fused-ring (bicyclic) bond motifs is 1. The third kappa shape index (κ3) is 6.09. The molecule has 4 rings (SSSR count). The molecule has 2 unspecified atom stereocenters. The van der Waals surface area contributed by atoms with Crippen molar-refractivity contribution in [3.8, 4) is 5.75 Å². The molecule has 4 aromatic rings. The van der Waals surface area contributed by atoms with Gasteiger partial charge in [-0.3, -0.25) is 9.79 Å². The highest BCUT2D eigenvalue weighted by molar-refractivity contribution is 7.86. The Morgan fingerprint density at radius 2 is 1.97 bits per heavy atom. The predicted octanol–water partition coefficient (Wildman–Crippen LogP) is 5.26. The Kier molecular flexibility index (Phi) is 7.48. The van der Waals surface area contributed by atoms with Crippen LogP contribution in [0.2, 0.25) is 0 Å².